The number of carbonyl (C=O) groups excluding carboxylic acids is 1. The van der Waals surface area contributed by atoms with Crippen LogP contribution in [0, 0.1) is 0 Å². The zero-order valence-corrected chi connectivity index (χ0v) is 12.3. The fourth-order valence-electron chi connectivity index (χ4n) is 1.92. The summed E-state index contributed by atoms with van der Waals surface area (Å²) in [5.41, 5.74) is -1.04. The maximum absolute atomic E-state index is 12.7. The Balaban J connectivity index is 2.34. The first kappa shape index (κ1) is 17.3. The van der Waals surface area contributed by atoms with Crippen LogP contribution in [0.15, 0.2) is 46.5 Å². The molecular formula is C16H12F3NO4. The van der Waals surface area contributed by atoms with Crippen molar-refractivity contribution in [2.75, 3.05) is 0 Å². The largest absolute Gasteiger partial charge is 0.477 e. The predicted molar refractivity (Wildman–Crippen MR) is 78.6 cm³/mol. The molecule has 0 fully saturated rings. The van der Waals surface area contributed by atoms with Crippen LogP contribution in [0.5, 0.6) is 0 Å². The van der Waals surface area contributed by atoms with Gasteiger partial charge in [0.1, 0.15) is 17.2 Å². The van der Waals surface area contributed by atoms with E-state index >= 15 is 0 Å². The van der Waals surface area contributed by atoms with Gasteiger partial charge in [-0.2, -0.15) is 13.2 Å². The van der Waals surface area contributed by atoms with E-state index in [2.05, 4.69) is 5.32 Å². The zero-order valence-electron chi connectivity index (χ0n) is 12.3. The minimum Gasteiger partial charge on any atom is -0.477 e. The van der Waals surface area contributed by atoms with Gasteiger partial charge in [-0.25, -0.2) is 4.79 Å². The molecule has 0 saturated heterocycles. The Morgan fingerprint density at radius 3 is 2.50 bits per heavy atom. The van der Waals surface area contributed by atoms with Crippen molar-refractivity contribution in [2.45, 2.75) is 13.1 Å². The van der Waals surface area contributed by atoms with Gasteiger partial charge in [-0.1, -0.05) is 12.1 Å². The maximum atomic E-state index is 12.7. The summed E-state index contributed by atoms with van der Waals surface area (Å²) in [6.45, 7) is 1.15. The molecule has 0 aliphatic carbocycles. The summed E-state index contributed by atoms with van der Waals surface area (Å²) in [6.07, 6.45) is -3.41. The highest BCUT2D eigenvalue weighted by atomic mass is 19.4. The van der Waals surface area contributed by atoms with Crippen molar-refractivity contribution in [1.82, 2.24) is 5.32 Å². The second kappa shape index (κ2) is 6.61. The van der Waals surface area contributed by atoms with Crippen LogP contribution in [0.25, 0.3) is 17.4 Å². The third-order valence-corrected chi connectivity index (χ3v) is 2.93. The Kier molecular flexibility index (Phi) is 4.77. The van der Waals surface area contributed by atoms with E-state index in [0.717, 1.165) is 25.1 Å². The summed E-state index contributed by atoms with van der Waals surface area (Å²) >= 11 is 0. The number of furan rings is 1. The summed E-state index contributed by atoms with van der Waals surface area (Å²) in [5.74, 6) is -1.73. The molecule has 0 aliphatic heterocycles. The summed E-state index contributed by atoms with van der Waals surface area (Å²) in [7, 11) is 0. The summed E-state index contributed by atoms with van der Waals surface area (Å²) in [4.78, 5) is 22.0. The maximum Gasteiger partial charge on any atom is 0.416 e. The number of hydrogen-bond acceptors (Lipinski definition) is 3. The molecule has 0 atom stereocenters. The van der Waals surface area contributed by atoms with Crippen LogP contribution >= 0.6 is 0 Å². The van der Waals surface area contributed by atoms with E-state index in [4.69, 9.17) is 9.52 Å². The number of carboxylic acid groups (broad SMARTS) is 1. The van der Waals surface area contributed by atoms with Gasteiger partial charge < -0.3 is 14.8 Å². The fraction of sp³-hybridized carbons (Fsp3) is 0.125. The summed E-state index contributed by atoms with van der Waals surface area (Å²) < 4.78 is 43.5. The molecule has 0 unspecified atom stereocenters. The smallest absolute Gasteiger partial charge is 0.416 e. The normalized spacial score (nSPS) is 12.1. The van der Waals surface area contributed by atoms with Crippen LogP contribution in [0.4, 0.5) is 13.2 Å². The van der Waals surface area contributed by atoms with Gasteiger partial charge in [-0.05, 0) is 24.3 Å². The first-order valence-corrected chi connectivity index (χ1v) is 6.67. The van der Waals surface area contributed by atoms with Gasteiger partial charge in [0, 0.05) is 18.6 Å². The molecule has 1 amide bonds. The molecule has 1 aromatic heterocycles. The van der Waals surface area contributed by atoms with Gasteiger partial charge in [0.25, 0.3) is 0 Å². The number of benzene rings is 1. The van der Waals surface area contributed by atoms with Gasteiger partial charge in [-0.15, -0.1) is 0 Å². The van der Waals surface area contributed by atoms with Crippen molar-refractivity contribution < 1.29 is 32.3 Å². The topological polar surface area (TPSA) is 79.5 Å². The third-order valence-electron chi connectivity index (χ3n) is 2.93. The second-order valence-corrected chi connectivity index (χ2v) is 4.82. The van der Waals surface area contributed by atoms with E-state index < -0.39 is 29.3 Å². The van der Waals surface area contributed by atoms with Crippen molar-refractivity contribution >= 4 is 18.0 Å². The van der Waals surface area contributed by atoms with Crippen LogP contribution < -0.4 is 5.32 Å². The fourth-order valence-corrected chi connectivity index (χ4v) is 1.92. The molecule has 0 radical (unpaired) electrons. The lowest BCUT2D eigenvalue weighted by molar-refractivity contribution is -0.137. The van der Waals surface area contributed by atoms with Gasteiger partial charge in [0.15, 0.2) is 0 Å². The monoisotopic (exact) mass is 339 g/mol. The molecule has 0 saturated carbocycles. The van der Waals surface area contributed by atoms with Crippen LogP contribution in [0.3, 0.4) is 0 Å². The molecule has 8 heteroatoms. The lowest BCUT2D eigenvalue weighted by atomic mass is 10.1. The molecule has 0 aliphatic rings. The number of alkyl halides is 3. The van der Waals surface area contributed by atoms with Crippen molar-refractivity contribution in [2.24, 2.45) is 0 Å². The Morgan fingerprint density at radius 2 is 1.92 bits per heavy atom. The van der Waals surface area contributed by atoms with E-state index in [1.54, 1.807) is 0 Å². The zero-order chi connectivity index (χ0) is 17.9. The molecule has 0 spiro atoms. The number of carboxylic acids is 1. The van der Waals surface area contributed by atoms with E-state index in [9.17, 15) is 22.8 Å². The molecule has 2 aromatic rings. The molecule has 1 aromatic carbocycles. The molecule has 2 N–H and O–H groups in total. The number of halogens is 3. The first-order chi connectivity index (χ1) is 11.2. The molecule has 0 bridgehead atoms. The highest BCUT2D eigenvalue weighted by molar-refractivity contribution is 5.96. The minimum atomic E-state index is -4.48. The minimum absolute atomic E-state index is 0.0774. The second-order valence-electron chi connectivity index (χ2n) is 4.82. The van der Waals surface area contributed by atoms with Crippen LogP contribution in [0.1, 0.15) is 18.2 Å². The Hall–Kier alpha value is -3.03. The molecule has 2 rings (SSSR count). The molecular weight excluding hydrogens is 327 g/mol. The lowest BCUT2D eigenvalue weighted by Crippen LogP contribution is -2.24. The van der Waals surface area contributed by atoms with Crippen LogP contribution in [-0.4, -0.2) is 17.0 Å². The Labute approximate surface area is 134 Å². The van der Waals surface area contributed by atoms with Gasteiger partial charge in [-0.3, -0.25) is 4.79 Å². The van der Waals surface area contributed by atoms with E-state index in [-0.39, 0.29) is 17.1 Å². The predicted octanol–water partition coefficient (Wildman–Crippen LogP) is 3.53. The third kappa shape index (κ3) is 4.25. The van der Waals surface area contributed by atoms with Gasteiger partial charge >= 0.3 is 12.1 Å². The lowest BCUT2D eigenvalue weighted by Gasteiger charge is -2.07. The molecule has 126 valence electrons. The van der Waals surface area contributed by atoms with Crippen molar-refractivity contribution in [3.8, 4) is 11.3 Å². The Bertz CT molecular complexity index is 806. The molecule has 24 heavy (non-hydrogen) atoms. The number of carbonyl (C=O) groups is 2. The van der Waals surface area contributed by atoms with Crippen LogP contribution in [-0.2, 0) is 15.8 Å². The number of nitrogens with one attached hydrogen (secondary N) is 1. The van der Waals surface area contributed by atoms with E-state index in [1.807, 2.05) is 0 Å². The summed E-state index contributed by atoms with van der Waals surface area (Å²) in [6, 6.07) is 7.35. The van der Waals surface area contributed by atoms with E-state index in [1.165, 1.54) is 24.3 Å². The number of hydrogen-bond donors (Lipinski definition) is 2. The average Bonchev–Trinajstić information content (AvgIpc) is 2.94. The van der Waals surface area contributed by atoms with Crippen molar-refractivity contribution in [1.29, 1.82) is 0 Å². The quantitative estimate of drug-likeness (QED) is 0.835. The standard InChI is InChI=1S/C16H12F3NO4/c1-9(21)20-13(15(22)23)8-12-5-6-14(24-12)10-3-2-4-11(7-10)16(17,18)19/h2-8H,1H3,(H,20,21)(H,22,23). The first-order valence-electron chi connectivity index (χ1n) is 6.67. The molecule has 5 nitrogen and oxygen atoms in total. The highest BCUT2D eigenvalue weighted by Gasteiger charge is 2.30. The van der Waals surface area contributed by atoms with Crippen molar-refractivity contribution in [3.63, 3.8) is 0 Å². The van der Waals surface area contributed by atoms with E-state index in [0.29, 0.717) is 0 Å². The van der Waals surface area contributed by atoms with Gasteiger partial charge in [0.05, 0.1) is 5.56 Å². The van der Waals surface area contributed by atoms with Crippen molar-refractivity contribution in [3.05, 3.63) is 53.4 Å². The van der Waals surface area contributed by atoms with Crippen LogP contribution in [0.2, 0.25) is 0 Å². The molecule has 1 heterocycles. The Morgan fingerprint density at radius 1 is 1.21 bits per heavy atom. The number of aliphatic carboxylic acids is 1. The SMILES string of the molecule is CC(=O)NC(=Cc1ccc(-c2cccc(C(F)(F)F)c2)o1)C(=O)O. The summed E-state index contributed by atoms with van der Waals surface area (Å²) in [5, 5.41) is 11.1. The highest BCUT2D eigenvalue weighted by Crippen LogP contribution is 2.32. The number of rotatable bonds is 4. The number of amides is 1. The average molecular weight is 339 g/mol. The van der Waals surface area contributed by atoms with Gasteiger partial charge in [0.2, 0.25) is 5.91 Å².